The van der Waals surface area contributed by atoms with E-state index < -0.39 is 0 Å². The first kappa shape index (κ1) is 16.3. The van der Waals surface area contributed by atoms with E-state index in [-0.39, 0.29) is 5.91 Å². The second kappa shape index (κ2) is 7.35. The van der Waals surface area contributed by atoms with Crippen molar-refractivity contribution in [3.8, 4) is 11.3 Å². The molecule has 2 aromatic rings. The molecule has 0 saturated carbocycles. The molecular weight excluding hydrogens is 314 g/mol. The van der Waals surface area contributed by atoms with Gasteiger partial charge in [-0.1, -0.05) is 6.42 Å². The summed E-state index contributed by atoms with van der Waals surface area (Å²) in [5, 5.41) is 10.2. The maximum Gasteiger partial charge on any atom is 0.269 e. The predicted octanol–water partition coefficient (Wildman–Crippen LogP) is 2.47. The molecule has 1 amide bonds. The molecule has 2 aliphatic heterocycles. The molecule has 0 bridgehead atoms. The van der Waals surface area contributed by atoms with E-state index in [9.17, 15) is 4.79 Å². The van der Waals surface area contributed by atoms with Crippen LogP contribution in [0.3, 0.4) is 0 Å². The van der Waals surface area contributed by atoms with Gasteiger partial charge in [0.15, 0.2) is 0 Å². The number of rotatable bonds is 4. The minimum absolute atomic E-state index is 0.0735. The van der Waals surface area contributed by atoms with Gasteiger partial charge in [0.25, 0.3) is 5.91 Å². The molecule has 2 aromatic heterocycles. The molecular formula is C19H25N5O. The molecule has 0 unspecified atom stereocenters. The SMILES string of the molecule is O=C(NC[C@H]1CCCN2CCCC[C@@H]12)c1cc(-c2cccnc2)n[nH]1. The van der Waals surface area contributed by atoms with Crippen molar-refractivity contribution in [2.24, 2.45) is 5.92 Å². The van der Waals surface area contributed by atoms with Crippen molar-refractivity contribution in [2.75, 3.05) is 19.6 Å². The summed E-state index contributed by atoms with van der Waals surface area (Å²) >= 11 is 0. The quantitative estimate of drug-likeness (QED) is 0.897. The first-order valence-electron chi connectivity index (χ1n) is 9.29. The van der Waals surface area contributed by atoms with Crippen molar-refractivity contribution in [3.05, 3.63) is 36.3 Å². The summed E-state index contributed by atoms with van der Waals surface area (Å²) in [5.74, 6) is 0.495. The van der Waals surface area contributed by atoms with Gasteiger partial charge >= 0.3 is 0 Å². The molecule has 2 atom stereocenters. The van der Waals surface area contributed by atoms with Crippen LogP contribution in [0.4, 0.5) is 0 Å². The number of hydrogen-bond donors (Lipinski definition) is 2. The highest BCUT2D eigenvalue weighted by Crippen LogP contribution is 2.30. The zero-order valence-corrected chi connectivity index (χ0v) is 14.4. The minimum atomic E-state index is -0.0735. The Hall–Kier alpha value is -2.21. The number of nitrogens with zero attached hydrogens (tertiary/aromatic N) is 3. The Morgan fingerprint density at radius 2 is 2.20 bits per heavy atom. The van der Waals surface area contributed by atoms with Crippen molar-refractivity contribution in [1.82, 2.24) is 25.4 Å². The Balaban J connectivity index is 1.37. The zero-order chi connectivity index (χ0) is 17.1. The van der Waals surface area contributed by atoms with Crippen LogP contribution in [0.15, 0.2) is 30.6 Å². The first-order chi connectivity index (χ1) is 12.3. The summed E-state index contributed by atoms with van der Waals surface area (Å²) in [4.78, 5) is 19.2. The monoisotopic (exact) mass is 339 g/mol. The summed E-state index contributed by atoms with van der Waals surface area (Å²) < 4.78 is 0. The Morgan fingerprint density at radius 3 is 3.08 bits per heavy atom. The van der Waals surface area contributed by atoms with Gasteiger partial charge in [-0.25, -0.2) is 0 Å². The van der Waals surface area contributed by atoms with E-state index in [1.165, 1.54) is 45.2 Å². The van der Waals surface area contributed by atoms with Crippen LogP contribution in [0, 0.1) is 5.92 Å². The van der Waals surface area contributed by atoms with Gasteiger partial charge in [0.05, 0.1) is 5.69 Å². The van der Waals surface area contributed by atoms with E-state index >= 15 is 0 Å². The van der Waals surface area contributed by atoms with Crippen LogP contribution in [0.5, 0.6) is 0 Å². The summed E-state index contributed by atoms with van der Waals surface area (Å²) in [6, 6.07) is 6.24. The maximum atomic E-state index is 12.5. The van der Waals surface area contributed by atoms with Gasteiger partial charge in [-0.05, 0) is 62.9 Å². The van der Waals surface area contributed by atoms with Crippen molar-refractivity contribution in [2.45, 2.75) is 38.1 Å². The van der Waals surface area contributed by atoms with Crippen LogP contribution in [0.1, 0.15) is 42.6 Å². The van der Waals surface area contributed by atoms with E-state index in [4.69, 9.17) is 0 Å². The van der Waals surface area contributed by atoms with Gasteiger partial charge in [-0.2, -0.15) is 5.10 Å². The Kier molecular flexibility index (Phi) is 4.78. The van der Waals surface area contributed by atoms with E-state index in [1.54, 1.807) is 18.5 Å². The molecule has 6 nitrogen and oxygen atoms in total. The average molecular weight is 339 g/mol. The summed E-state index contributed by atoms with van der Waals surface area (Å²) in [5.41, 5.74) is 2.16. The van der Waals surface area contributed by atoms with Gasteiger partial charge in [0.2, 0.25) is 0 Å². The standard InChI is InChI=1S/C19H25N5O/c25-19(17-11-16(22-23-17)14-5-3-8-20-12-14)21-13-15-6-4-10-24-9-2-1-7-18(15)24/h3,5,8,11-12,15,18H,1-2,4,6-7,9-10,13H2,(H,21,25)(H,22,23)/t15-,18+/m1/s1. The summed E-state index contributed by atoms with van der Waals surface area (Å²) in [7, 11) is 0. The molecule has 2 aliphatic rings. The van der Waals surface area contributed by atoms with Crippen LogP contribution >= 0.6 is 0 Å². The third-order valence-electron chi connectivity index (χ3n) is 5.53. The van der Waals surface area contributed by atoms with Crippen molar-refractivity contribution in [3.63, 3.8) is 0 Å². The second-order valence-electron chi connectivity index (χ2n) is 7.12. The highest BCUT2D eigenvalue weighted by Gasteiger charge is 2.33. The molecule has 6 heteroatoms. The first-order valence-corrected chi connectivity index (χ1v) is 9.29. The van der Waals surface area contributed by atoms with E-state index in [0.717, 1.165) is 17.8 Å². The highest BCUT2D eigenvalue weighted by molar-refractivity contribution is 5.93. The number of aromatic nitrogens is 3. The van der Waals surface area contributed by atoms with Gasteiger partial charge in [-0.15, -0.1) is 0 Å². The number of carbonyl (C=O) groups is 1. The van der Waals surface area contributed by atoms with E-state index in [0.29, 0.717) is 17.7 Å². The fourth-order valence-electron chi connectivity index (χ4n) is 4.23. The molecule has 2 N–H and O–H groups in total. The molecule has 4 heterocycles. The number of pyridine rings is 1. The molecule has 0 aromatic carbocycles. The topological polar surface area (TPSA) is 73.9 Å². The fourth-order valence-corrected chi connectivity index (χ4v) is 4.23. The fraction of sp³-hybridized carbons (Fsp3) is 0.526. The minimum Gasteiger partial charge on any atom is -0.350 e. The number of amides is 1. The van der Waals surface area contributed by atoms with Gasteiger partial charge in [0.1, 0.15) is 5.69 Å². The van der Waals surface area contributed by atoms with Crippen LogP contribution < -0.4 is 5.32 Å². The van der Waals surface area contributed by atoms with Gasteiger partial charge in [0, 0.05) is 30.5 Å². The third-order valence-corrected chi connectivity index (χ3v) is 5.53. The van der Waals surface area contributed by atoms with Crippen molar-refractivity contribution in [1.29, 1.82) is 0 Å². The molecule has 0 spiro atoms. The van der Waals surface area contributed by atoms with E-state index in [1.807, 2.05) is 12.1 Å². The molecule has 2 fully saturated rings. The largest absolute Gasteiger partial charge is 0.350 e. The normalized spacial score (nSPS) is 23.8. The van der Waals surface area contributed by atoms with Crippen LogP contribution in [0.25, 0.3) is 11.3 Å². The smallest absolute Gasteiger partial charge is 0.269 e. The van der Waals surface area contributed by atoms with Gasteiger partial charge < -0.3 is 10.2 Å². The number of fused-ring (bicyclic) bond motifs is 1. The number of aromatic amines is 1. The van der Waals surface area contributed by atoms with Crippen LogP contribution in [-0.4, -0.2) is 51.7 Å². The van der Waals surface area contributed by atoms with Crippen molar-refractivity contribution < 1.29 is 4.79 Å². The molecule has 4 rings (SSSR count). The van der Waals surface area contributed by atoms with Crippen molar-refractivity contribution >= 4 is 5.91 Å². The Morgan fingerprint density at radius 1 is 1.28 bits per heavy atom. The average Bonchev–Trinajstić information content (AvgIpc) is 3.17. The maximum absolute atomic E-state index is 12.5. The zero-order valence-electron chi connectivity index (χ0n) is 14.4. The number of H-pyrrole nitrogens is 1. The summed E-state index contributed by atoms with van der Waals surface area (Å²) in [6.45, 7) is 3.20. The lowest BCUT2D eigenvalue weighted by atomic mass is 9.83. The number of hydrogen-bond acceptors (Lipinski definition) is 4. The highest BCUT2D eigenvalue weighted by atomic mass is 16.1. The molecule has 0 radical (unpaired) electrons. The lowest BCUT2D eigenvalue weighted by Gasteiger charge is -2.44. The lowest BCUT2D eigenvalue weighted by Crippen LogP contribution is -2.51. The molecule has 2 saturated heterocycles. The molecule has 132 valence electrons. The predicted molar refractivity (Wildman–Crippen MR) is 96.1 cm³/mol. The van der Waals surface area contributed by atoms with Crippen LogP contribution in [-0.2, 0) is 0 Å². The van der Waals surface area contributed by atoms with E-state index in [2.05, 4.69) is 25.4 Å². The lowest BCUT2D eigenvalue weighted by molar-refractivity contribution is 0.0575. The molecule has 25 heavy (non-hydrogen) atoms. The molecule has 0 aliphatic carbocycles. The Bertz CT molecular complexity index is 712. The Labute approximate surface area is 148 Å². The summed E-state index contributed by atoms with van der Waals surface area (Å²) in [6.07, 6.45) is 9.84. The number of nitrogens with one attached hydrogen (secondary N) is 2. The number of carbonyl (C=O) groups excluding carboxylic acids is 1. The third kappa shape index (κ3) is 3.58. The van der Waals surface area contributed by atoms with Crippen LogP contribution in [0.2, 0.25) is 0 Å². The van der Waals surface area contributed by atoms with Gasteiger partial charge in [-0.3, -0.25) is 14.9 Å². The second-order valence-corrected chi connectivity index (χ2v) is 7.12. The number of piperidine rings is 2.